The predicted molar refractivity (Wildman–Crippen MR) is 114 cm³/mol. The number of hydrogen-bond donors (Lipinski definition) is 2. The van der Waals surface area contributed by atoms with E-state index < -0.39 is 17.5 Å². The highest BCUT2D eigenvalue weighted by Gasteiger charge is 2.50. The molecule has 29 heavy (non-hydrogen) atoms. The zero-order valence-electron chi connectivity index (χ0n) is 16.3. The van der Waals surface area contributed by atoms with Crippen LogP contribution in [0.2, 0.25) is 5.02 Å². The highest BCUT2D eigenvalue weighted by Crippen LogP contribution is 2.31. The lowest BCUT2D eigenvalue weighted by Crippen LogP contribution is -2.47. The Bertz CT molecular complexity index is 924. The number of nitrogens with zero attached hydrogens (tertiary/aromatic N) is 2. The third-order valence-corrected chi connectivity index (χ3v) is 5.89. The standard InChI is InChI=1S/C20H23ClN4O3S/c1-3-9-20(10-4-2)17(27)25(19(28)24-20)11-16(26)23-18-22-15(12-29-18)13-7-5-6-8-14(13)21/h5-8,12H,3-4,9-11H2,1-2H3,(H,24,28)(H,22,23,26). The van der Waals surface area contributed by atoms with Gasteiger partial charge in [-0.1, -0.05) is 56.5 Å². The van der Waals surface area contributed by atoms with Gasteiger partial charge in [-0.3, -0.25) is 14.5 Å². The van der Waals surface area contributed by atoms with Crippen LogP contribution < -0.4 is 10.6 Å². The van der Waals surface area contributed by atoms with Gasteiger partial charge in [-0.25, -0.2) is 9.78 Å². The van der Waals surface area contributed by atoms with E-state index in [-0.39, 0.29) is 12.5 Å². The predicted octanol–water partition coefficient (Wildman–Crippen LogP) is 4.29. The zero-order chi connectivity index (χ0) is 21.0. The molecule has 2 heterocycles. The molecule has 0 radical (unpaired) electrons. The van der Waals surface area contributed by atoms with Crippen LogP contribution in [0.1, 0.15) is 39.5 Å². The van der Waals surface area contributed by atoms with Gasteiger partial charge in [0.2, 0.25) is 5.91 Å². The van der Waals surface area contributed by atoms with E-state index >= 15 is 0 Å². The van der Waals surface area contributed by atoms with Crippen molar-refractivity contribution in [2.45, 2.75) is 45.1 Å². The van der Waals surface area contributed by atoms with Gasteiger partial charge in [-0.05, 0) is 18.9 Å². The Morgan fingerprint density at radius 3 is 2.59 bits per heavy atom. The first-order valence-corrected chi connectivity index (χ1v) is 10.8. The Labute approximate surface area is 178 Å². The Morgan fingerprint density at radius 2 is 1.93 bits per heavy atom. The average Bonchev–Trinajstić information content (AvgIpc) is 3.22. The normalized spacial score (nSPS) is 15.5. The topological polar surface area (TPSA) is 91.4 Å². The number of imide groups is 1. The second kappa shape index (κ2) is 8.92. The third kappa shape index (κ3) is 4.43. The van der Waals surface area contributed by atoms with Crippen LogP contribution in [0.4, 0.5) is 9.93 Å². The lowest BCUT2D eigenvalue weighted by atomic mass is 9.88. The van der Waals surface area contributed by atoms with Crippen molar-refractivity contribution in [2.75, 3.05) is 11.9 Å². The second-order valence-electron chi connectivity index (χ2n) is 6.97. The number of urea groups is 1. The molecule has 0 aliphatic carbocycles. The highest BCUT2D eigenvalue weighted by molar-refractivity contribution is 7.14. The smallest absolute Gasteiger partial charge is 0.323 e. The summed E-state index contributed by atoms with van der Waals surface area (Å²) in [7, 11) is 0. The van der Waals surface area contributed by atoms with Crippen molar-refractivity contribution in [1.29, 1.82) is 0 Å². The molecule has 0 spiro atoms. The molecule has 2 N–H and O–H groups in total. The van der Waals surface area contributed by atoms with Crippen LogP contribution in [-0.2, 0) is 9.59 Å². The zero-order valence-corrected chi connectivity index (χ0v) is 17.9. The van der Waals surface area contributed by atoms with E-state index in [1.54, 1.807) is 11.4 Å². The number of anilines is 1. The summed E-state index contributed by atoms with van der Waals surface area (Å²) in [5.74, 6) is -0.811. The van der Waals surface area contributed by atoms with Crippen LogP contribution >= 0.6 is 22.9 Å². The number of hydrogen-bond acceptors (Lipinski definition) is 5. The van der Waals surface area contributed by atoms with Gasteiger partial charge >= 0.3 is 6.03 Å². The Balaban J connectivity index is 1.68. The molecule has 7 nitrogen and oxygen atoms in total. The Hall–Kier alpha value is -2.45. The highest BCUT2D eigenvalue weighted by atomic mass is 35.5. The third-order valence-electron chi connectivity index (χ3n) is 4.80. The first-order valence-electron chi connectivity index (χ1n) is 9.54. The first-order chi connectivity index (χ1) is 13.9. The van der Waals surface area contributed by atoms with Crippen molar-refractivity contribution in [3.8, 4) is 11.3 Å². The largest absolute Gasteiger partial charge is 0.325 e. The summed E-state index contributed by atoms with van der Waals surface area (Å²) in [4.78, 5) is 43.0. The number of nitrogens with one attached hydrogen (secondary N) is 2. The Morgan fingerprint density at radius 1 is 1.24 bits per heavy atom. The molecule has 3 rings (SSSR count). The van der Waals surface area contributed by atoms with Gasteiger partial charge in [-0.15, -0.1) is 11.3 Å². The number of aromatic nitrogens is 1. The molecule has 154 valence electrons. The monoisotopic (exact) mass is 434 g/mol. The molecule has 9 heteroatoms. The van der Waals surface area contributed by atoms with E-state index in [4.69, 9.17) is 11.6 Å². The molecule has 2 aromatic rings. The summed E-state index contributed by atoms with van der Waals surface area (Å²) < 4.78 is 0. The van der Waals surface area contributed by atoms with Crippen molar-refractivity contribution < 1.29 is 14.4 Å². The minimum Gasteiger partial charge on any atom is -0.323 e. The Kier molecular flexibility index (Phi) is 6.54. The summed E-state index contributed by atoms with van der Waals surface area (Å²) in [5.41, 5.74) is 0.513. The summed E-state index contributed by atoms with van der Waals surface area (Å²) in [5, 5.41) is 8.20. The van der Waals surface area contributed by atoms with Crippen LogP contribution in [0.15, 0.2) is 29.6 Å². The maximum atomic E-state index is 12.9. The van der Waals surface area contributed by atoms with Crippen LogP contribution in [0.25, 0.3) is 11.3 Å². The number of benzene rings is 1. The molecule has 1 aromatic heterocycles. The van der Waals surface area contributed by atoms with E-state index in [0.717, 1.165) is 23.3 Å². The number of thiazole rings is 1. The number of halogens is 1. The number of carbonyl (C=O) groups is 3. The summed E-state index contributed by atoms with van der Waals surface area (Å²) >= 11 is 7.44. The molecule has 0 saturated carbocycles. The van der Waals surface area contributed by atoms with Crippen LogP contribution in [-0.4, -0.2) is 39.8 Å². The SMILES string of the molecule is CCCC1(CCC)NC(=O)N(CC(=O)Nc2nc(-c3ccccc3Cl)cs2)C1=O. The first kappa shape index (κ1) is 21.3. The molecule has 1 fully saturated rings. The summed E-state index contributed by atoms with van der Waals surface area (Å²) in [6.45, 7) is 3.58. The molecule has 1 aromatic carbocycles. The molecule has 4 amide bonds. The molecule has 0 bridgehead atoms. The van der Waals surface area contributed by atoms with Gasteiger partial charge in [0.1, 0.15) is 12.1 Å². The van der Waals surface area contributed by atoms with Crippen LogP contribution in [0, 0.1) is 0 Å². The van der Waals surface area contributed by atoms with Crippen molar-refractivity contribution in [3.05, 3.63) is 34.7 Å². The lowest BCUT2D eigenvalue weighted by molar-refractivity contribution is -0.134. The van der Waals surface area contributed by atoms with E-state index in [1.165, 1.54) is 11.3 Å². The number of carbonyl (C=O) groups excluding carboxylic acids is 3. The van der Waals surface area contributed by atoms with Crippen molar-refractivity contribution in [3.63, 3.8) is 0 Å². The maximum absolute atomic E-state index is 12.9. The molecule has 1 saturated heterocycles. The lowest BCUT2D eigenvalue weighted by Gasteiger charge is -2.25. The summed E-state index contributed by atoms with van der Waals surface area (Å²) in [6, 6.07) is 6.77. The minimum atomic E-state index is -0.903. The fourth-order valence-corrected chi connectivity index (χ4v) is 4.52. The fourth-order valence-electron chi connectivity index (χ4n) is 3.56. The maximum Gasteiger partial charge on any atom is 0.325 e. The van der Waals surface area contributed by atoms with E-state index in [1.807, 2.05) is 32.0 Å². The van der Waals surface area contributed by atoms with Gasteiger partial charge in [-0.2, -0.15) is 0 Å². The molecular formula is C20H23ClN4O3S. The fraction of sp³-hybridized carbons (Fsp3) is 0.400. The second-order valence-corrected chi connectivity index (χ2v) is 8.23. The molecule has 0 atom stereocenters. The van der Waals surface area contributed by atoms with Crippen molar-refractivity contribution >= 4 is 45.9 Å². The molecule has 1 aliphatic heterocycles. The van der Waals surface area contributed by atoms with E-state index in [0.29, 0.717) is 28.7 Å². The summed E-state index contributed by atoms with van der Waals surface area (Å²) in [6.07, 6.45) is 2.63. The number of amides is 4. The molecular weight excluding hydrogens is 412 g/mol. The van der Waals surface area contributed by atoms with Gasteiger partial charge in [0, 0.05) is 16.0 Å². The van der Waals surface area contributed by atoms with Gasteiger partial charge in [0.15, 0.2) is 5.13 Å². The quantitative estimate of drug-likeness (QED) is 0.606. The van der Waals surface area contributed by atoms with Crippen LogP contribution in [0.3, 0.4) is 0 Å². The van der Waals surface area contributed by atoms with Crippen molar-refractivity contribution in [2.24, 2.45) is 0 Å². The average molecular weight is 435 g/mol. The number of rotatable bonds is 8. The molecule has 1 aliphatic rings. The van der Waals surface area contributed by atoms with Crippen LogP contribution in [0.5, 0.6) is 0 Å². The molecule has 0 unspecified atom stereocenters. The van der Waals surface area contributed by atoms with Gasteiger partial charge in [0.05, 0.1) is 5.69 Å². The van der Waals surface area contributed by atoms with Crippen molar-refractivity contribution in [1.82, 2.24) is 15.2 Å². The van der Waals surface area contributed by atoms with Gasteiger partial charge < -0.3 is 10.6 Å². The minimum absolute atomic E-state index is 0.336. The van der Waals surface area contributed by atoms with Gasteiger partial charge in [0.25, 0.3) is 5.91 Å². The van der Waals surface area contributed by atoms with E-state index in [2.05, 4.69) is 15.6 Å². The van der Waals surface area contributed by atoms with E-state index in [9.17, 15) is 14.4 Å².